The van der Waals surface area contributed by atoms with Crippen molar-refractivity contribution in [2.24, 2.45) is 0 Å². The van der Waals surface area contributed by atoms with Gasteiger partial charge in [-0.1, -0.05) is 25.5 Å². The molecule has 2 heterocycles. The Bertz CT molecular complexity index is 1080. The summed E-state index contributed by atoms with van der Waals surface area (Å²) in [6.45, 7) is 4.16. The fourth-order valence-electron chi connectivity index (χ4n) is 2.69. The molecule has 1 aromatic carbocycles. The molecule has 148 valence electrons. The van der Waals surface area contributed by atoms with Gasteiger partial charge in [0.1, 0.15) is 0 Å². The van der Waals surface area contributed by atoms with Crippen LogP contribution in [0.1, 0.15) is 33.5 Å². The van der Waals surface area contributed by atoms with E-state index in [0.717, 1.165) is 30.4 Å². The zero-order chi connectivity index (χ0) is 20.3. The molecule has 0 saturated heterocycles. The largest absolute Gasteiger partial charge is 0.297 e. The van der Waals surface area contributed by atoms with Gasteiger partial charge >= 0.3 is 0 Å². The van der Waals surface area contributed by atoms with Crippen LogP contribution in [0.25, 0.3) is 11.3 Å². The van der Waals surface area contributed by atoms with Crippen molar-refractivity contribution < 1.29 is 13.2 Å². The summed E-state index contributed by atoms with van der Waals surface area (Å²) in [5.74, 6) is -0.149. The maximum Gasteiger partial charge on any atom is 0.267 e. The molecule has 0 aliphatic rings. The second kappa shape index (κ2) is 8.42. The zero-order valence-corrected chi connectivity index (χ0v) is 18.2. The van der Waals surface area contributed by atoms with Crippen LogP contribution in [0.2, 0.25) is 0 Å². The van der Waals surface area contributed by atoms with Gasteiger partial charge in [-0.25, -0.2) is 13.4 Å². The maximum atomic E-state index is 12.5. The predicted octanol–water partition coefficient (Wildman–Crippen LogP) is 4.76. The van der Waals surface area contributed by atoms with Crippen molar-refractivity contribution >= 4 is 49.4 Å². The van der Waals surface area contributed by atoms with Crippen molar-refractivity contribution in [1.29, 1.82) is 0 Å². The summed E-state index contributed by atoms with van der Waals surface area (Å²) in [4.78, 5) is 18.8. The summed E-state index contributed by atoms with van der Waals surface area (Å²) >= 11 is 2.85. The molecule has 0 aliphatic carbocycles. The van der Waals surface area contributed by atoms with Crippen LogP contribution in [0.5, 0.6) is 0 Å². The molecule has 0 unspecified atom stereocenters. The first-order valence-corrected chi connectivity index (χ1v) is 12.3. The van der Waals surface area contributed by atoms with Gasteiger partial charge in [0.15, 0.2) is 5.13 Å². The smallest absolute Gasteiger partial charge is 0.267 e. The van der Waals surface area contributed by atoms with Crippen molar-refractivity contribution in [2.75, 3.05) is 16.3 Å². The second-order valence-corrected chi connectivity index (χ2v) is 10.2. The maximum absolute atomic E-state index is 12.5. The highest BCUT2D eigenvalue weighted by Crippen LogP contribution is 2.28. The van der Waals surface area contributed by atoms with Crippen molar-refractivity contribution in [2.45, 2.75) is 26.7 Å². The minimum absolute atomic E-state index is 0.149. The molecule has 0 fully saturated rings. The molecule has 28 heavy (non-hydrogen) atoms. The Balaban J connectivity index is 1.70. The topological polar surface area (TPSA) is 88.2 Å². The average Bonchev–Trinajstić information content (AvgIpc) is 3.22. The van der Waals surface area contributed by atoms with Gasteiger partial charge in [0.05, 0.1) is 16.8 Å². The number of amides is 1. The molecule has 0 radical (unpaired) electrons. The lowest BCUT2D eigenvalue weighted by molar-refractivity contribution is 0.103. The first kappa shape index (κ1) is 20.5. The van der Waals surface area contributed by atoms with E-state index < -0.39 is 10.0 Å². The van der Waals surface area contributed by atoms with Crippen molar-refractivity contribution in [3.05, 3.63) is 51.0 Å². The van der Waals surface area contributed by atoms with E-state index in [-0.39, 0.29) is 5.91 Å². The molecule has 0 atom stereocenters. The van der Waals surface area contributed by atoms with E-state index >= 15 is 0 Å². The fraction of sp³-hybridized carbons (Fsp3) is 0.263. The highest BCUT2D eigenvalue weighted by atomic mass is 32.2. The van der Waals surface area contributed by atoms with E-state index in [4.69, 9.17) is 0 Å². The van der Waals surface area contributed by atoms with Gasteiger partial charge < -0.3 is 0 Å². The lowest BCUT2D eigenvalue weighted by atomic mass is 10.1. The van der Waals surface area contributed by atoms with Gasteiger partial charge in [-0.3, -0.25) is 14.8 Å². The predicted molar refractivity (Wildman–Crippen MR) is 117 cm³/mol. The summed E-state index contributed by atoms with van der Waals surface area (Å²) in [7, 11) is -3.31. The third-order valence-electron chi connectivity index (χ3n) is 3.97. The van der Waals surface area contributed by atoms with Crippen molar-refractivity contribution in [3.63, 3.8) is 0 Å². The number of nitrogens with zero attached hydrogens (tertiary/aromatic N) is 1. The number of anilines is 2. The zero-order valence-electron chi connectivity index (χ0n) is 15.8. The van der Waals surface area contributed by atoms with E-state index in [1.165, 1.54) is 33.1 Å². The number of aromatic nitrogens is 1. The van der Waals surface area contributed by atoms with Crippen LogP contribution in [0.15, 0.2) is 35.7 Å². The number of benzene rings is 1. The molecule has 0 bridgehead atoms. The molecule has 6 nitrogen and oxygen atoms in total. The Labute approximate surface area is 172 Å². The van der Waals surface area contributed by atoms with Crippen LogP contribution < -0.4 is 10.0 Å². The quantitative estimate of drug-likeness (QED) is 0.560. The Kier molecular flexibility index (Phi) is 6.17. The number of thiazole rings is 1. The summed E-state index contributed by atoms with van der Waals surface area (Å²) in [6, 6.07) is 8.89. The van der Waals surface area contributed by atoms with E-state index in [2.05, 4.69) is 21.9 Å². The number of rotatable bonds is 7. The highest BCUT2D eigenvalue weighted by Gasteiger charge is 2.14. The van der Waals surface area contributed by atoms with Gasteiger partial charge in [-0.15, -0.1) is 22.7 Å². The molecule has 9 heteroatoms. The lowest BCUT2D eigenvalue weighted by Gasteiger charge is -2.04. The number of carbonyl (C=O) groups excluding carboxylic acids is 1. The van der Waals surface area contributed by atoms with Crippen LogP contribution in [-0.4, -0.2) is 25.6 Å². The highest BCUT2D eigenvalue weighted by molar-refractivity contribution is 7.92. The molecule has 1 amide bonds. The number of sulfonamides is 1. The Hall–Kier alpha value is -2.23. The summed E-state index contributed by atoms with van der Waals surface area (Å²) in [6.07, 6.45) is 3.13. The summed E-state index contributed by atoms with van der Waals surface area (Å²) in [5.41, 5.74) is 3.28. The fourth-order valence-corrected chi connectivity index (χ4v) is 4.94. The van der Waals surface area contributed by atoms with Gasteiger partial charge in [-0.2, -0.15) is 0 Å². The van der Waals surface area contributed by atoms with Gasteiger partial charge in [-0.05, 0) is 37.1 Å². The third-order valence-corrected chi connectivity index (χ3v) is 6.43. The molecule has 0 spiro atoms. The van der Waals surface area contributed by atoms with E-state index in [9.17, 15) is 13.2 Å². The number of thiophene rings is 1. The third kappa shape index (κ3) is 5.18. The number of carbonyl (C=O) groups is 1. The standard InChI is InChI=1S/C19H21N3O3S3/c1-4-5-14-10-17(27-12(14)2)18(23)21-19-20-16(11-26-19)13-6-8-15(9-7-13)22-28(3,24)25/h6-11,22H,4-5H2,1-3H3,(H,20,21,23). The van der Waals surface area contributed by atoms with Gasteiger partial charge in [0.25, 0.3) is 5.91 Å². The number of hydrogen-bond donors (Lipinski definition) is 2. The summed E-state index contributed by atoms with van der Waals surface area (Å²) < 4.78 is 25.0. The van der Waals surface area contributed by atoms with Crippen LogP contribution in [-0.2, 0) is 16.4 Å². The average molecular weight is 436 g/mol. The van der Waals surface area contributed by atoms with Crippen molar-refractivity contribution in [3.8, 4) is 11.3 Å². The molecular formula is C19H21N3O3S3. The van der Waals surface area contributed by atoms with Gasteiger partial charge in [0, 0.05) is 21.5 Å². The number of aryl methyl sites for hydroxylation is 2. The molecule has 2 aromatic heterocycles. The second-order valence-electron chi connectivity index (χ2n) is 6.39. The Morgan fingerprint density at radius 2 is 1.93 bits per heavy atom. The SMILES string of the molecule is CCCc1cc(C(=O)Nc2nc(-c3ccc(NS(C)(=O)=O)cc3)cs2)sc1C. The minimum atomic E-state index is -3.31. The Morgan fingerprint density at radius 1 is 1.21 bits per heavy atom. The lowest BCUT2D eigenvalue weighted by Crippen LogP contribution is -2.09. The molecule has 3 aromatic rings. The molecular weight excluding hydrogens is 414 g/mol. The van der Waals surface area contributed by atoms with Crippen LogP contribution in [0, 0.1) is 6.92 Å². The molecule has 2 N–H and O–H groups in total. The van der Waals surface area contributed by atoms with Crippen LogP contribution in [0.3, 0.4) is 0 Å². The molecule has 3 rings (SSSR count). The van der Waals surface area contributed by atoms with Crippen LogP contribution >= 0.6 is 22.7 Å². The summed E-state index contributed by atoms with van der Waals surface area (Å²) in [5, 5.41) is 5.25. The van der Waals surface area contributed by atoms with E-state index in [1.54, 1.807) is 24.3 Å². The first-order valence-electron chi connectivity index (χ1n) is 8.69. The molecule has 0 saturated carbocycles. The minimum Gasteiger partial charge on any atom is -0.297 e. The van der Waals surface area contributed by atoms with Gasteiger partial charge in [0.2, 0.25) is 10.0 Å². The van der Waals surface area contributed by atoms with Crippen LogP contribution in [0.4, 0.5) is 10.8 Å². The number of nitrogens with one attached hydrogen (secondary N) is 2. The normalized spacial score (nSPS) is 11.4. The Morgan fingerprint density at radius 3 is 2.57 bits per heavy atom. The van der Waals surface area contributed by atoms with Crippen molar-refractivity contribution in [1.82, 2.24) is 4.98 Å². The monoisotopic (exact) mass is 435 g/mol. The van der Waals surface area contributed by atoms with E-state index in [1.807, 2.05) is 18.4 Å². The number of hydrogen-bond acceptors (Lipinski definition) is 6. The first-order chi connectivity index (χ1) is 13.2. The molecule has 0 aliphatic heterocycles. The van der Waals surface area contributed by atoms with E-state index in [0.29, 0.717) is 15.7 Å².